The predicted octanol–water partition coefficient (Wildman–Crippen LogP) is 1.35. The molecule has 3 aromatic heterocycles. The molecule has 4 rings (SSSR count). The summed E-state index contributed by atoms with van der Waals surface area (Å²) in [5.41, 5.74) is 0.517. The molecule has 1 fully saturated rings. The fraction of sp³-hybridized carbons (Fsp3) is 0.438. The number of thiophene rings is 1. The molecule has 1 aliphatic carbocycles. The van der Waals surface area contributed by atoms with Crippen molar-refractivity contribution >= 4 is 27.5 Å². The summed E-state index contributed by atoms with van der Waals surface area (Å²) in [6.07, 6.45) is 8.43. The first-order valence-electron chi connectivity index (χ1n) is 8.27. The topological polar surface area (TPSA) is 94.7 Å². The van der Waals surface area contributed by atoms with Gasteiger partial charge in [-0.3, -0.25) is 14.2 Å². The lowest BCUT2D eigenvalue weighted by Crippen LogP contribution is -2.41. The molecule has 1 saturated carbocycles. The Balaban J connectivity index is 1.35. The van der Waals surface area contributed by atoms with Crippen LogP contribution >= 0.6 is 11.3 Å². The maximum Gasteiger partial charge on any atom is 0.271 e. The third-order valence-corrected chi connectivity index (χ3v) is 5.51. The van der Waals surface area contributed by atoms with Gasteiger partial charge >= 0.3 is 0 Å². The van der Waals surface area contributed by atoms with Crippen molar-refractivity contribution in [3.63, 3.8) is 0 Å². The summed E-state index contributed by atoms with van der Waals surface area (Å²) in [7, 11) is 0. The number of nitrogens with one attached hydrogen (secondary N) is 1. The van der Waals surface area contributed by atoms with E-state index in [0.29, 0.717) is 16.3 Å². The molecule has 0 bridgehead atoms. The highest BCUT2D eigenvalue weighted by molar-refractivity contribution is 7.17. The molecule has 1 N–H and O–H groups in total. The fourth-order valence-corrected chi connectivity index (χ4v) is 4.10. The zero-order chi connectivity index (χ0) is 17.2. The molecule has 0 aromatic carbocycles. The lowest BCUT2D eigenvalue weighted by Gasteiger charge is -2.29. The van der Waals surface area contributed by atoms with Crippen LogP contribution < -0.4 is 10.9 Å². The summed E-state index contributed by atoms with van der Waals surface area (Å²) in [4.78, 5) is 32.8. The number of hydrogen-bond donors (Lipinski definition) is 1. The highest BCUT2D eigenvalue weighted by Crippen LogP contribution is 2.27. The number of hydrogen-bond acceptors (Lipinski definition) is 6. The van der Waals surface area contributed by atoms with Crippen molar-refractivity contribution in [2.45, 2.75) is 44.3 Å². The van der Waals surface area contributed by atoms with E-state index in [0.717, 1.165) is 25.7 Å². The molecule has 0 radical (unpaired) electrons. The van der Waals surface area contributed by atoms with Gasteiger partial charge in [-0.1, -0.05) is 0 Å². The highest BCUT2D eigenvalue weighted by Gasteiger charge is 2.24. The molecular weight excluding hydrogens is 340 g/mol. The average molecular weight is 358 g/mol. The Hall–Kier alpha value is -2.55. The van der Waals surface area contributed by atoms with Crippen molar-refractivity contribution in [3.05, 3.63) is 40.8 Å². The minimum absolute atomic E-state index is 0.00266. The van der Waals surface area contributed by atoms with Gasteiger partial charge in [-0.05, 0) is 37.1 Å². The number of fused-ring (bicyclic) bond motifs is 1. The molecule has 9 heteroatoms. The molecule has 3 heterocycles. The van der Waals surface area contributed by atoms with Crippen LogP contribution in [0, 0.1) is 0 Å². The molecule has 3 aromatic rings. The predicted molar refractivity (Wildman–Crippen MR) is 93.3 cm³/mol. The van der Waals surface area contributed by atoms with E-state index >= 15 is 0 Å². The molecule has 1 amide bonds. The molecule has 0 atom stereocenters. The quantitative estimate of drug-likeness (QED) is 0.760. The summed E-state index contributed by atoms with van der Waals surface area (Å²) in [6, 6.07) is 2.30. The highest BCUT2D eigenvalue weighted by atomic mass is 32.1. The van der Waals surface area contributed by atoms with Crippen LogP contribution in [0.1, 0.15) is 31.7 Å². The second kappa shape index (κ2) is 6.75. The first kappa shape index (κ1) is 15.9. The van der Waals surface area contributed by atoms with E-state index in [1.54, 1.807) is 18.7 Å². The Morgan fingerprint density at radius 3 is 2.88 bits per heavy atom. The zero-order valence-electron chi connectivity index (χ0n) is 13.5. The average Bonchev–Trinajstić information content (AvgIpc) is 3.30. The minimum Gasteiger partial charge on any atom is -0.352 e. The van der Waals surface area contributed by atoms with Crippen LogP contribution in [-0.2, 0) is 11.3 Å². The Kier molecular flexibility index (Phi) is 4.31. The maximum atomic E-state index is 12.3. The van der Waals surface area contributed by atoms with Gasteiger partial charge in [0.1, 0.15) is 23.9 Å². The summed E-state index contributed by atoms with van der Waals surface area (Å²) in [5, 5.41) is 9.05. The fourth-order valence-electron chi connectivity index (χ4n) is 3.31. The van der Waals surface area contributed by atoms with Gasteiger partial charge in [-0.15, -0.1) is 11.3 Å². The Labute approximate surface area is 147 Å². The van der Waals surface area contributed by atoms with Crippen molar-refractivity contribution in [2.75, 3.05) is 0 Å². The van der Waals surface area contributed by atoms with Gasteiger partial charge in [0, 0.05) is 6.04 Å². The van der Waals surface area contributed by atoms with Gasteiger partial charge in [0.2, 0.25) is 5.91 Å². The lowest BCUT2D eigenvalue weighted by atomic mass is 9.91. The smallest absolute Gasteiger partial charge is 0.271 e. The van der Waals surface area contributed by atoms with Crippen LogP contribution in [0.15, 0.2) is 35.2 Å². The molecule has 0 spiro atoms. The van der Waals surface area contributed by atoms with Crippen LogP contribution in [0.3, 0.4) is 0 Å². The zero-order valence-corrected chi connectivity index (χ0v) is 14.4. The minimum atomic E-state index is -0.162. The first-order chi connectivity index (χ1) is 12.2. The second-order valence-electron chi connectivity index (χ2n) is 6.26. The molecule has 1 aliphatic rings. The molecule has 8 nitrogen and oxygen atoms in total. The van der Waals surface area contributed by atoms with Crippen molar-refractivity contribution in [2.24, 2.45) is 0 Å². The molecule has 130 valence electrons. The Morgan fingerprint density at radius 2 is 2.12 bits per heavy atom. The summed E-state index contributed by atoms with van der Waals surface area (Å²) in [5.74, 6) is -0.149. The number of carbonyl (C=O) groups is 1. The number of aromatic nitrogens is 5. The van der Waals surface area contributed by atoms with Gasteiger partial charge in [0.15, 0.2) is 0 Å². The number of nitrogens with zero attached hydrogens (tertiary/aromatic N) is 5. The van der Waals surface area contributed by atoms with Crippen molar-refractivity contribution in [1.29, 1.82) is 0 Å². The molecule has 0 aliphatic heterocycles. The van der Waals surface area contributed by atoms with Gasteiger partial charge < -0.3 is 5.32 Å². The largest absolute Gasteiger partial charge is 0.352 e. The summed E-state index contributed by atoms with van der Waals surface area (Å²) < 4.78 is 3.85. The van der Waals surface area contributed by atoms with Gasteiger partial charge in [-0.25, -0.2) is 14.6 Å². The Bertz CT molecular complexity index is 924. The molecule has 0 saturated heterocycles. The van der Waals surface area contributed by atoms with E-state index in [1.165, 1.54) is 22.2 Å². The van der Waals surface area contributed by atoms with Gasteiger partial charge in [0.25, 0.3) is 5.56 Å². The van der Waals surface area contributed by atoms with Crippen molar-refractivity contribution in [3.8, 4) is 0 Å². The molecular formula is C16H18N6O2S. The van der Waals surface area contributed by atoms with E-state index < -0.39 is 0 Å². The van der Waals surface area contributed by atoms with Crippen LogP contribution in [0.5, 0.6) is 0 Å². The van der Waals surface area contributed by atoms with Crippen LogP contribution in [-0.4, -0.2) is 36.3 Å². The normalized spacial score (nSPS) is 20.6. The SMILES string of the molecule is O=C(Cn1cnc2ccsc2c1=O)NC1CCC(n2cncn2)CC1. The van der Waals surface area contributed by atoms with E-state index in [1.807, 2.05) is 10.1 Å². The summed E-state index contributed by atoms with van der Waals surface area (Å²) >= 11 is 1.35. The molecule has 0 unspecified atom stereocenters. The number of amides is 1. The van der Waals surface area contributed by atoms with Gasteiger partial charge in [-0.2, -0.15) is 5.10 Å². The van der Waals surface area contributed by atoms with Crippen molar-refractivity contribution < 1.29 is 4.79 Å². The molecule has 25 heavy (non-hydrogen) atoms. The van der Waals surface area contributed by atoms with Crippen LogP contribution in [0.25, 0.3) is 10.2 Å². The first-order valence-corrected chi connectivity index (χ1v) is 9.15. The van der Waals surface area contributed by atoms with Gasteiger partial charge in [0.05, 0.1) is 17.9 Å². The number of carbonyl (C=O) groups excluding carboxylic acids is 1. The van der Waals surface area contributed by atoms with E-state index in [-0.39, 0.29) is 24.1 Å². The maximum absolute atomic E-state index is 12.3. The second-order valence-corrected chi connectivity index (χ2v) is 7.18. The van der Waals surface area contributed by atoms with Crippen LogP contribution in [0.4, 0.5) is 0 Å². The third kappa shape index (κ3) is 3.32. The third-order valence-electron chi connectivity index (χ3n) is 4.62. The monoisotopic (exact) mass is 358 g/mol. The van der Waals surface area contributed by atoms with Crippen molar-refractivity contribution in [1.82, 2.24) is 29.6 Å². The lowest BCUT2D eigenvalue weighted by molar-refractivity contribution is -0.122. The van der Waals surface area contributed by atoms with E-state index in [9.17, 15) is 9.59 Å². The number of rotatable bonds is 4. The van der Waals surface area contributed by atoms with Crippen LogP contribution in [0.2, 0.25) is 0 Å². The standard InChI is InChI=1S/C16H18N6O2S/c23-14(7-21-10-18-13-5-6-25-15(13)16(21)24)20-11-1-3-12(4-2-11)22-9-17-8-19-22/h5-6,8-12H,1-4,7H2,(H,20,23). The Morgan fingerprint density at radius 1 is 1.28 bits per heavy atom. The summed E-state index contributed by atoms with van der Waals surface area (Å²) in [6.45, 7) is 0.00266. The van der Waals surface area contributed by atoms with E-state index in [4.69, 9.17) is 0 Å². The van der Waals surface area contributed by atoms with E-state index in [2.05, 4.69) is 20.4 Å².